The van der Waals surface area contributed by atoms with E-state index >= 15 is 0 Å². The van der Waals surface area contributed by atoms with Crippen LogP contribution >= 0.6 is 0 Å². The zero-order chi connectivity index (χ0) is 15.0. The molecule has 0 radical (unpaired) electrons. The van der Waals surface area contributed by atoms with Crippen LogP contribution in [-0.2, 0) is 10.0 Å². The largest absolute Gasteiger partial charge is 0.573 e. The van der Waals surface area contributed by atoms with Crippen LogP contribution < -0.4 is 4.74 Å². The average molecular weight is 311 g/mol. The highest BCUT2D eigenvalue weighted by Crippen LogP contribution is 2.29. The molecule has 0 aromatic heterocycles. The molecule has 0 aliphatic carbocycles. The standard InChI is InChI=1S/C11H12F3NO4S/c12-11(13,14)19-9-2-1-3-10(4-9)20(17,18)15-5-8(6-15)7-16/h1-4,8,16H,5-7H2. The molecule has 1 fully saturated rings. The number of hydrogen-bond donors (Lipinski definition) is 1. The van der Waals surface area contributed by atoms with Gasteiger partial charge < -0.3 is 9.84 Å². The van der Waals surface area contributed by atoms with Crippen molar-refractivity contribution in [2.45, 2.75) is 11.3 Å². The lowest BCUT2D eigenvalue weighted by atomic mass is 10.1. The highest BCUT2D eigenvalue weighted by atomic mass is 32.2. The number of aliphatic hydroxyl groups is 1. The Balaban J connectivity index is 2.18. The van der Waals surface area contributed by atoms with E-state index in [9.17, 15) is 21.6 Å². The van der Waals surface area contributed by atoms with E-state index in [0.717, 1.165) is 16.4 Å². The number of aliphatic hydroxyl groups excluding tert-OH is 1. The van der Waals surface area contributed by atoms with Crippen molar-refractivity contribution < 1.29 is 31.4 Å². The first-order chi connectivity index (χ1) is 9.22. The molecule has 9 heteroatoms. The fourth-order valence-corrected chi connectivity index (χ4v) is 3.44. The Morgan fingerprint density at radius 1 is 1.35 bits per heavy atom. The van der Waals surface area contributed by atoms with Crippen molar-refractivity contribution in [3.63, 3.8) is 0 Å². The molecule has 0 spiro atoms. The van der Waals surface area contributed by atoms with E-state index in [-0.39, 0.29) is 30.5 Å². The van der Waals surface area contributed by atoms with Crippen molar-refractivity contribution in [3.05, 3.63) is 24.3 Å². The minimum Gasteiger partial charge on any atom is -0.406 e. The van der Waals surface area contributed by atoms with Crippen LogP contribution in [0.25, 0.3) is 0 Å². The van der Waals surface area contributed by atoms with E-state index in [1.807, 2.05) is 0 Å². The third-order valence-electron chi connectivity index (χ3n) is 2.86. The first-order valence-electron chi connectivity index (χ1n) is 5.69. The Hall–Kier alpha value is -1.32. The molecule has 1 N–H and O–H groups in total. The zero-order valence-corrected chi connectivity index (χ0v) is 11.0. The SMILES string of the molecule is O=S(=O)(c1cccc(OC(F)(F)F)c1)N1CC(CO)C1. The number of benzene rings is 1. The Kier molecular flexibility index (Phi) is 3.94. The topological polar surface area (TPSA) is 66.8 Å². The summed E-state index contributed by atoms with van der Waals surface area (Å²) < 4.78 is 65.3. The lowest BCUT2D eigenvalue weighted by Crippen LogP contribution is -2.51. The molecule has 2 rings (SSSR count). The maximum atomic E-state index is 12.1. The van der Waals surface area contributed by atoms with Gasteiger partial charge in [0.05, 0.1) is 4.90 Å². The predicted octanol–water partition coefficient (Wildman–Crippen LogP) is 1.20. The summed E-state index contributed by atoms with van der Waals surface area (Å²) in [6.45, 7) is 0.190. The van der Waals surface area contributed by atoms with Crippen LogP contribution in [0, 0.1) is 5.92 Å². The molecule has 0 unspecified atom stereocenters. The number of alkyl halides is 3. The number of rotatable bonds is 4. The van der Waals surface area contributed by atoms with Crippen molar-refractivity contribution in [3.8, 4) is 5.75 Å². The predicted molar refractivity (Wildman–Crippen MR) is 62.5 cm³/mol. The van der Waals surface area contributed by atoms with Gasteiger partial charge in [-0.3, -0.25) is 0 Å². The Bertz CT molecular complexity index is 582. The summed E-state index contributed by atoms with van der Waals surface area (Å²) in [7, 11) is -3.85. The third kappa shape index (κ3) is 3.22. The Morgan fingerprint density at radius 3 is 2.55 bits per heavy atom. The molecule has 1 aromatic carbocycles. The van der Waals surface area contributed by atoms with Crippen molar-refractivity contribution in [2.24, 2.45) is 5.92 Å². The highest BCUT2D eigenvalue weighted by Gasteiger charge is 2.37. The second kappa shape index (κ2) is 5.23. The molecular weight excluding hydrogens is 299 g/mol. The van der Waals surface area contributed by atoms with Gasteiger partial charge in [-0.2, -0.15) is 4.31 Å². The van der Waals surface area contributed by atoms with E-state index in [2.05, 4.69) is 4.74 Å². The van der Waals surface area contributed by atoms with E-state index in [4.69, 9.17) is 5.11 Å². The van der Waals surface area contributed by atoms with Gasteiger partial charge in [0, 0.05) is 31.7 Å². The molecule has 0 amide bonds. The number of nitrogens with zero attached hydrogens (tertiary/aromatic N) is 1. The van der Waals surface area contributed by atoms with Gasteiger partial charge in [0.15, 0.2) is 0 Å². The minimum atomic E-state index is -4.87. The van der Waals surface area contributed by atoms with Crippen LogP contribution in [0.1, 0.15) is 0 Å². The van der Waals surface area contributed by atoms with Crippen molar-refractivity contribution in [1.82, 2.24) is 4.31 Å². The number of hydrogen-bond acceptors (Lipinski definition) is 4. The van der Waals surface area contributed by atoms with E-state index in [0.29, 0.717) is 0 Å². The second-order valence-electron chi connectivity index (χ2n) is 4.39. The molecule has 1 saturated heterocycles. The van der Waals surface area contributed by atoms with Crippen molar-refractivity contribution >= 4 is 10.0 Å². The van der Waals surface area contributed by atoms with Crippen LogP contribution in [0.2, 0.25) is 0 Å². The van der Waals surface area contributed by atoms with Gasteiger partial charge >= 0.3 is 6.36 Å². The molecular formula is C11H12F3NO4S. The van der Waals surface area contributed by atoms with Crippen LogP contribution in [0.4, 0.5) is 13.2 Å². The average Bonchev–Trinajstić information content (AvgIpc) is 2.25. The summed E-state index contributed by atoms with van der Waals surface area (Å²) in [4.78, 5) is -0.268. The molecule has 0 atom stereocenters. The van der Waals surface area contributed by atoms with Crippen molar-refractivity contribution in [2.75, 3.05) is 19.7 Å². The monoisotopic (exact) mass is 311 g/mol. The molecule has 5 nitrogen and oxygen atoms in total. The van der Waals surface area contributed by atoms with Gasteiger partial charge in [-0.05, 0) is 12.1 Å². The molecule has 1 aliphatic heterocycles. The highest BCUT2D eigenvalue weighted by molar-refractivity contribution is 7.89. The molecule has 1 aliphatic rings. The van der Waals surface area contributed by atoms with Gasteiger partial charge in [-0.1, -0.05) is 6.07 Å². The van der Waals surface area contributed by atoms with Gasteiger partial charge in [-0.25, -0.2) is 8.42 Å². The van der Waals surface area contributed by atoms with E-state index in [1.165, 1.54) is 12.1 Å². The molecule has 1 aromatic rings. The Labute approximate surface area is 113 Å². The molecule has 0 saturated carbocycles. The zero-order valence-electron chi connectivity index (χ0n) is 10.2. The van der Waals surface area contributed by atoms with E-state index in [1.54, 1.807) is 0 Å². The maximum absolute atomic E-state index is 12.1. The van der Waals surface area contributed by atoms with Gasteiger partial charge in [0.1, 0.15) is 5.75 Å². The first-order valence-corrected chi connectivity index (χ1v) is 7.13. The van der Waals surface area contributed by atoms with Gasteiger partial charge in [0.25, 0.3) is 0 Å². The number of ether oxygens (including phenoxy) is 1. The van der Waals surface area contributed by atoms with Gasteiger partial charge in [0.2, 0.25) is 10.0 Å². The summed E-state index contributed by atoms with van der Waals surface area (Å²) in [5.74, 6) is -0.711. The fourth-order valence-electron chi connectivity index (χ4n) is 1.82. The molecule has 112 valence electrons. The second-order valence-corrected chi connectivity index (χ2v) is 6.33. The minimum absolute atomic E-state index is 0.122. The normalized spacial score (nSPS) is 17.8. The molecule has 20 heavy (non-hydrogen) atoms. The third-order valence-corrected chi connectivity index (χ3v) is 4.69. The number of halogens is 3. The Morgan fingerprint density at radius 2 is 2.00 bits per heavy atom. The lowest BCUT2D eigenvalue weighted by Gasteiger charge is -2.36. The molecule has 0 bridgehead atoms. The van der Waals surface area contributed by atoms with E-state index < -0.39 is 22.1 Å². The van der Waals surface area contributed by atoms with Crippen LogP contribution in [0.5, 0.6) is 5.75 Å². The summed E-state index contributed by atoms with van der Waals surface area (Å²) >= 11 is 0. The quantitative estimate of drug-likeness (QED) is 0.907. The summed E-state index contributed by atoms with van der Waals surface area (Å²) in [6, 6.07) is 4.23. The maximum Gasteiger partial charge on any atom is 0.573 e. The van der Waals surface area contributed by atoms with Crippen molar-refractivity contribution in [1.29, 1.82) is 0 Å². The summed E-state index contributed by atoms with van der Waals surface area (Å²) in [6.07, 6.45) is -4.87. The van der Waals surface area contributed by atoms with Crippen LogP contribution in [-0.4, -0.2) is 43.9 Å². The van der Waals surface area contributed by atoms with Crippen LogP contribution in [0.3, 0.4) is 0 Å². The fraction of sp³-hybridized carbons (Fsp3) is 0.455. The summed E-state index contributed by atoms with van der Waals surface area (Å²) in [5, 5.41) is 8.85. The molecule has 1 heterocycles. The lowest BCUT2D eigenvalue weighted by molar-refractivity contribution is -0.274. The van der Waals surface area contributed by atoms with Gasteiger partial charge in [-0.15, -0.1) is 13.2 Å². The number of sulfonamides is 1. The summed E-state index contributed by atoms with van der Waals surface area (Å²) in [5.41, 5.74) is 0. The van der Waals surface area contributed by atoms with Crippen LogP contribution in [0.15, 0.2) is 29.2 Å². The smallest absolute Gasteiger partial charge is 0.406 e. The first kappa shape index (κ1) is 15.1.